The Labute approximate surface area is 148 Å². The van der Waals surface area contributed by atoms with Crippen molar-refractivity contribution in [2.45, 2.75) is 25.3 Å². The molecule has 5 heteroatoms. The van der Waals surface area contributed by atoms with Gasteiger partial charge in [-0.25, -0.2) is 9.97 Å². The first-order valence-electron chi connectivity index (χ1n) is 8.85. The fourth-order valence-electron chi connectivity index (χ4n) is 3.71. The van der Waals surface area contributed by atoms with Crippen LogP contribution in [0.25, 0.3) is 11.0 Å². The van der Waals surface area contributed by atoms with Crippen molar-refractivity contribution in [2.75, 3.05) is 20.2 Å². The Kier molecular flexibility index (Phi) is 4.40. The van der Waals surface area contributed by atoms with Crippen molar-refractivity contribution in [3.05, 3.63) is 54.0 Å². The van der Waals surface area contributed by atoms with Gasteiger partial charge in [0.1, 0.15) is 0 Å². The molecule has 25 heavy (non-hydrogen) atoms. The molecule has 0 N–H and O–H groups in total. The fourth-order valence-corrected chi connectivity index (χ4v) is 3.71. The van der Waals surface area contributed by atoms with Gasteiger partial charge in [0.15, 0.2) is 0 Å². The van der Waals surface area contributed by atoms with E-state index in [-0.39, 0.29) is 0 Å². The van der Waals surface area contributed by atoms with Crippen LogP contribution in [-0.4, -0.2) is 39.6 Å². The lowest BCUT2D eigenvalue weighted by Crippen LogP contribution is -2.32. The van der Waals surface area contributed by atoms with Crippen LogP contribution >= 0.6 is 0 Å². The molecule has 0 unspecified atom stereocenters. The van der Waals surface area contributed by atoms with Gasteiger partial charge in [-0.05, 0) is 55.1 Å². The predicted molar refractivity (Wildman–Crippen MR) is 98.8 cm³/mol. The van der Waals surface area contributed by atoms with E-state index in [1.54, 1.807) is 7.11 Å². The number of fused-ring (bicyclic) bond motifs is 1. The lowest BCUT2D eigenvalue weighted by atomic mass is 9.89. The van der Waals surface area contributed by atoms with E-state index < -0.39 is 0 Å². The average Bonchev–Trinajstić information content (AvgIpc) is 3.03. The van der Waals surface area contributed by atoms with Crippen LogP contribution in [0.2, 0.25) is 0 Å². The summed E-state index contributed by atoms with van der Waals surface area (Å²) >= 11 is 0. The number of methoxy groups -OCH3 is 1. The van der Waals surface area contributed by atoms with Gasteiger partial charge in [-0.3, -0.25) is 4.90 Å². The van der Waals surface area contributed by atoms with E-state index >= 15 is 0 Å². The number of hydrogen-bond acceptors (Lipinski definition) is 4. The second-order valence-electron chi connectivity index (χ2n) is 6.86. The van der Waals surface area contributed by atoms with Gasteiger partial charge in [0.05, 0.1) is 24.5 Å². The number of rotatable bonds is 4. The fraction of sp³-hybridized carbons (Fsp3) is 0.400. The highest BCUT2D eigenvalue weighted by molar-refractivity contribution is 5.76. The van der Waals surface area contributed by atoms with Crippen molar-refractivity contribution in [1.82, 2.24) is 19.4 Å². The maximum atomic E-state index is 5.12. The summed E-state index contributed by atoms with van der Waals surface area (Å²) in [6, 6.07) is 10.8. The van der Waals surface area contributed by atoms with Crippen LogP contribution in [0.3, 0.4) is 0 Å². The number of ether oxygens (including phenoxy) is 1. The van der Waals surface area contributed by atoms with Crippen molar-refractivity contribution in [3.63, 3.8) is 0 Å². The molecule has 4 rings (SSSR count). The quantitative estimate of drug-likeness (QED) is 0.733. The van der Waals surface area contributed by atoms with Crippen molar-refractivity contribution in [1.29, 1.82) is 0 Å². The van der Waals surface area contributed by atoms with Gasteiger partial charge in [-0.1, -0.05) is 12.1 Å². The highest BCUT2D eigenvalue weighted by atomic mass is 16.5. The molecule has 2 aromatic heterocycles. The molecule has 1 aromatic carbocycles. The third-order valence-electron chi connectivity index (χ3n) is 5.22. The molecule has 0 aliphatic carbocycles. The number of nitrogens with zero attached hydrogens (tertiary/aromatic N) is 4. The monoisotopic (exact) mass is 336 g/mol. The van der Waals surface area contributed by atoms with Gasteiger partial charge in [0.25, 0.3) is 0 Å². The Morgan fingerprint density at radius 3 is 2.68 bits per heavy atom. The zero-order valence-electron chi connectivity index (χ0n) is 14.9. The molecule has 0 bridgehead atoms. The molecule has 1 aliphatic rings. The van der Waals surface area contributed by atoms with Crippen molar-refractivity contribution in [3.8, 4) is 5.88 Å². The van der Waals surface area contributed by atoms with Crippen LogP contribution in [-0.2, 0) is 13.6 Å². The SMILES string of the molecule is COc1ccc(CN2CCC(c3ccc4c(c3)ncn4C)CC2)cn1. The molecule has 0 spiro atoms. The Morgan fingerprint density at radius 2 is 1.96 bits per heavy atom. The van der Waals surface area contributed by atoms with Crippen LogP contribution in [0.4, 0.5) is 0 Å². The third-order valence-corrected chi connectivity index (χ3v) is 5.22. The van der Waals surface area contributed by atoms with Gasteiger partial charge in [0, 0.05) is 25.9 Å². The minimum absolute atomic E-state index is 0.636. The highest BCUT2D eigenvalue weighted by Crippen LogP contribution is 2.30. The zero-order chi connectivity index (χ0) is 17.2. The van der Waals surface area contributed by atoms with E-state index in [1.807, 2.05) is 25.6 Å². The van der Waals surface area contributed by atoms with Crippen LogP contribution in [0.1, 0.15) is 29.9 Å². The summed E-state index contributed by atoms with van der Waals surface area (Å²) in [5.41, 5.74) is 4.98. The first-order valence-corrected chi connectivity index (χ1v) is 8.85. The van der Waals surface area contributed by atoms with E-state index in [4.69, 9.17) is 4.74 Å². The minimum Gasteiger partial charge on any atom is -0.481 e. The minimum atomic E-state index is 0.636. The number of benzene rings is 1. The number of likely N-dealkylation sites (tertiary alicyclic amines) is 1. The summed E-state index contributed by atoms with van der Waals surface area (Å²) in [4.78, 5) is 11.3. The van der Waals surface area contributed by atoms with E-state index in [0.717, 1.165) is 25.2 Å². The van der Waals surface area contributed by atoms with E-state index in [9.17, 15) is 0 Å². The van der Waals surface area contributed by atoms with Gasteiger partial charge < -0.3 is 9.30 Å². The van der Waals surface area contributed by atoms with Crippen LogP contribution in [0, 0.1) is 0 Å². The van der Waals surface area contributed by atoms with E-state index in [1.165, 1.54) is 29.5 Å². The smallest absolute Gasteiger partial charge is 0.212 e. The topological polar surface area (TPSA) is 43.2 Å². The maximum Gasteiger partial charge on any atom is 0.212 e. The average molecular weight is 336 g/mol. The Bertz CT molecular complexity index is 848. The standard InChI is InChI=1S/C20H24N4O/c1-23-14-22-18-11-17(4-5-19(18)23)16-7-9-24(10-8-16)13-15-3-6-20(25-2)21-12-15/h3-6,11-12,14,16H,7-10,13H2,1-2H3. The molecule has 1 saturated heterocycles. The molecular formula is C20H24N4O. The molecule has 0 saturated carbocycles. The largest absolute Gasteiger partial charge is 0.481 e. The molecule has 3 aromatic rings. The molecule has 0 radical (unpaired) electrons. The Hall–Kier alpha value is -2.40. The molecule has 5 nitrogen and oxygen atoms in total. The number of aromatic nitrogens is 3. The summed E-state index contributed by atoms with van der Waals surface area (Å²) < 4.78 is 7.20. The van der Waals surface area contributed by atoms with Crippen molar-refractivity contribution < 1.29 is 4.74 Å². The normalized spacial score (nSPS) is 16.4. The second kappa shape index (κ2) is 6.84. The first kappa shape index (κ1) is 16.1. The summed E-state index contributed by atoms with van der Waals surface area (Å²) in [6.45, 7) is 3.21. The van der Waals surface area contributed by atoms with E-state index in [2.05, 4.69) is 43.7 Å². The Balaban J connectivity index is 1.38. The van der Waals surface area contributed by atoms with Gasteiger partial charge in [0.2, 0.25) is 5.88 Å². The molecule has 3 heterocycles. The van der Waals surface area contributed by atoms with Crippen LogP contribution in [0.15, 0.2) is 42.9 Å². The molecule has 1 fully saturated rings. The van der Waals surface area contributed by atoms with Crippen LogP contribution < -0.4 is 4.74 Å². The van der Waals surface area contributed by atoms with Gasteiger partial charge in [-0.15, -0.1) is 0 Å². The van der Waals surface area contributed by atoms with E-state index in [0.29, 0.717) is 11.8 Å². The second-order valence-corrected chi connectivity index (χ2v) is 6.86. The summed E-state index contributed by atoms with van der Waals surface area (Å²) in [5, 5.41) is 0. The summed E-state index contributed by atoms with van der Waals surface area (Å²) in [7, 11) is 3.69. The summed E-state index contributed by atoms with van der Waals surface area (Å²) in [6.07, 6.45) is 6.20. The van der Waals surface area contributed by atoms with Gasteiger partial charge in [-0.2, -0.15) is 0 Å². The highest BCUT2D eigenvalue weighted by Gasteiger charge is 2.21. The number of hydrogen-bond donors (Lipinski definition) is 0. The van der Waals surface area contributed by atoms with Crippen LogP contribution in [0.5, 0.6) is 5.88 Å². The third kappa shape index (κ3) is 3.37. The van der Waals surface area contributed by atoms with Crippen molar-refractivity contribution >= 4 is 11.0 Å². The molecule has 1 aliphatic heterocycles. The van der Waals surface area contributed by atoms with Crippen molar-refractivity contribution in [2.24, 2.45) is 7.05 Å². The number of pyridine rings is 1. The maximum absolute atomic E-state index is 5.12. The molecule has 0 amide bonds. The molecule has 0 atom stereocenters. The number of piperidine rings is 1. The first-order chi connectivity index (χ1) is 12.2. The lowest BCUT2D eigenvalue weighted by molar-refractivity contribution is 0.204. The predicted octanol–water partition coefficient (Wildman–Crippen LogP) is 3.36. The van der Waals surface area contributed by atoms with Gasteiger partial charge >= 0.3 is 0 Å². The number of aryl methyl sites for hydroxylation is 1. The summed E-state index contributed by atoms with van der Waals surface area (Å²) in [5.74, 6) is 1.31. The number of imidazole rings is 1. The molecular weight excluding hydrogens is 312 g/mol. The zero-order valence-corrected chi connectivity index (χ0v) is 14.9. The lowest BCUT2D eigenvalue weighted by Gasteiger charge is -2.32. The Morgan fingerprint density at radius 1 is 1.12 bits per heavy atom. The molecule has 130 valence electrons.